The minimum atomic E-state index is 0.201. The van der Waals surface area contributed by atoms with E-state index in [9.17, 15) is 0 Å². The topological polar surface area (TPSA) is 26.0 Å². The molecule has 76 valence electrons. The van der Waals surface area contributed by atoms with Gasteiger partial charge in [-0.25, -0.2) is 0 Å². The maximum absolute atomic E-state index is 6.17. The Morgan fingerprint density at radius 3 is 2.86 bits per heavy atom. The summed E-state index contributed by atoms with van der Waals surface area (Å²) in [5.41, 5.74) is 7.43. The second-order valence-electron chi connectivity index (χ2n) is 3.95. The Morgan fingerprint density at radius 2 is 2.21 bits per heavy atom. The Hall–Kier alpha value is 0.390. The van der Waals surface area contributed by atoms with Crippen LogP contribution in [-0.4, -0.2) is 0 Å². The average molecular weight is 366 g/mol. The van der Waals surface area contributed by atoms with Gasteiger partial charge < -0.3 is 5.73 Å². The highest BCUT2D eigenvalue weighted by molar-refractivity contribution is 14.1. The van der Waals surface area contributed by atoms with Crippen molar-refractivity contribution in [3.63, 3.8) is 0 Å². The van der Waals surface area contributed by atoms with E-state index in [-0.39, 0.29) is 6.04 Å². The fraction of sp³-hybridized carbons (Fsp3) is 0.455. The van der Waals surface area contributed by atoms with Crippen LogP contribution in [-0.2, 0) is 0 Å². The molecular weight excluding hydrogens is 353 g/mol. The molecule has 0 radical (unpaired) electrons. The molecule has 14 heavy (non-hydrogen) atoms. The first kappa shape index (κ1) is 10.9. The van der Waals surface area contributed by atoms with Crippen LogP contribution in [0.5, 0.6) is 0 Å². The van der Waals surface area contributed by atoms with Gasteiger partial charge in [-0.05, 0) is 58.7 Å². The van der Waals surface area contributed by atoms with E-state index in [1.807, 2.05) is 0 Å². The first-order valence-electron chi connectivity index (χ1n) is 4.87. The summed E-state index contributed by atoms with van der Waals surface area (Å²) in [5, 5.41) is 0. The third kappa shape index (κ3) is 2.70. The van der Waals surface area contributed by atoms with Gasteiger partial charge in [0.25, 0.3) is 0 Å². The summed E-state index contributed by atoms with van der Waals surface area (Å²) < 4.78 is 2.40. The molecule has 1 nitrogen and oxygen atoms in total. The number of hydrogen-bond acceptors (Lipinski definition) is 1. The first-order chi connectivity index (χ1) is 6.66. The van der Waals surface area contributed by atoms with Gasteiger partial charge in [0.1, 0.15) is 0 Å². The molecule has 0 aromatic heterocycles. The second-order valence-corrected chi connectivity index (χ2v) is 6.05. The molecule has 2 N–H and O–H groups in total. The van der Waals surface area contributed by atoms with Crippen LogP contribution in [0, 0.1) is 9.49 Å². The monoisotopic (exact) mass is 365 g/mol. The molecule has 2 rings (SSSR count). The Bertz CT molecular complexity index is 336. The van der Waals surface area contributed by atoms with Gasteiger partial charge in [-0.2, -0.15) is 0 Å². The first-order valence-corrected chi connectivity index (χ1v) is 6.74. The molecule has 1 unspecified atom stereocenters. The van der Waals surface area contributed by atoms with Gasteiger partial charge in [0.05, 0.1) is 0 Å². The van der Waals surface area contributed by atoms with Crippen LogP contribution < -0.4 is 5.73 Å². The fourth-order valence-electron chi connectivity index (χ4n) is 1.64. The maximum Gasteiger partial charge on any atom is 0.0309 e. The summed E-state index contributed by atoms with van der Waals surface area (Å²) in [6.07, 6.45) is 3.88. The van der Waals surface area contributed by atoms with Crippen molar-refractivity contribution in [3.8, 4) is 0 Å². The van der Waals surface area contributed by atoms with Crippen molar-refractivity contribution < 1.29 is 0 Å². The van der Waals surface area contributed by atoms with Crippen molar-refractivity contribution in [2.45, 2.75) is 25.3 Å². The smallest absolute Gasteiger partial charge is 0.0309 e. The number of benzene rings is 1. The molecule has 1 saturated carbocycles. The van der Waals surface area contributed by atoms with Crippen LogP contribution in [0.3, 0.4) is 0 Å². The lowest BCUT2D eigenvalue weighted by Gasteiger charge is -2.13. The number of hydrogen-bond donors (Lipinski definition) is 1. The van der Waals surface area contributed by atoms with Crippen molar-refractivity contribution in [2.24, 2.45) is 11.7 Å². The highest BCUT2D eigenvalue weighted by atomic mass is 127. The van der Waals surface area contributed by atoms with E-state index < -0.39 is 0 Å². The highest BCUT2D eigenvalue weighted by Crippen LogP contribution is 2.38. The van der Waals surface area contributed by atoms with Crippen molar-refractivity contribution >= 4 is 38.5 Å². The zero-order chi connectivity index (χ0) is 10.1. The highest BCUT2D eigenvalue weighted by Gasteiger charge is 2.25. The largest absolute Gasteiger partial charge is 0.324 e. The SMILES string of the molecule is NC(CC1CC1)c1cc(I)ccc1Br. The summed E-state index contributed by atoms with van der Waals surface area (Å²) in [5.74, 6) is 0.884. The molecule has 0 heterocycles. The fourth-order valence-corrected chi connectivity index (χ4v) is 2.69. The molecule has 0 saturated heterocycles. The van der Waals surface area contributed by atoms with Crippen LogP contribution in [0.25, 0.3) is 0 Å². The van der Waals surface area contributed by atoms with Crippen molar-refractivity contribution in [1.82, 2.24) is 0 Å². The van der Waals surface area contributed by atoms with E-state index in [2.05, 4.69) is 56.7 Å². The van der Waals surface area contributed by atoms with Crippen LogP contribution in [0.2, 0.25) is 0 Å². The van der Waals surface area contributed by atoms with E-state index in [0.29, 0.717) is 0 Å². The normalized spacial score (nSPS) is 18.2. The van der Waals surface area contributed by atoms with E-state index in [1.165, 1.54) is 22.0 Å². The predicted octanol–water partition coefficient (Wildman–Crippen LogP) is 3.85. The molecule has 0 amide bonds. The standard InChI is InChI=1S/C11H13BrIN/c12-10-4-3-8(13)6-9(10)11(14)5-7-1-2-7/h3-4,6-7,11H,1-2,5,14H2. The third-order valence-electron chi connectivity index (χ3n) is 2.64. The molecule has 1 aliphatic carbocycles. The minimum absolute atomic E-state index is 0.201. The lowest BCUT2D eigenvalue weighted by Crippen LogP contribution is -2.11. The lowest BCUT2D eigenvalue weighted by atomic mass is 10.0. The van der Waals surface area contributed by atoms with Crippen molar-refractivity contribution in [3.05, 3.63) is 31.8 Å². The Balaban J connectivity index is 2.15. The molecule has 3 heteroatoms. The van der Waals surface area contributed by atoms with Crippen LogP contribution >= 0.6 is 38.5 Å². The average Bonchev–Trinajstić information content (AvgIpc) is 2.93. The lowest BCUT2D eigenvalue weighted by molar-refractivity contribution is 0.595. The predicted molar refractivity (Wildman–Crippen MR) is 71.1 cm³/mol. The van der Waals surface area contributed by atoms with Gasteiger partial charge in [-0.1, -0.05) is 28.8 Å². The summed E-state index contributed by atoms with van der Waals surface area (Å²) >= 11 is 5.89. The van der Waals surface area contributed by atoms with E-state index in [1.54, 1.807) is 0 Å². The van der Waals surface area contributed by atoms with Gasteiger partial charge in [-0.15, -0.1) is 0 Å². The molecule has 1 aromatic rings. The Morgan fingerprint density at radius 1 is 1.50 bits per heavy atom. The number of rotatable bonds is 3. The van der Waals surface area contributed by atoms with Crippen molar-refractivity contribution in [1.29, 1.82) is 0 Å². The zero-order valence-electron chi connectivity index (χ0n) is 7.84. The summed E-state index contributed by atoms with van der Waals surface area (Å²) in [4.78, 5) is 0. The van der Waals surface area contributed by atoms with Gasteiger partial charge in [0.15, 0.2) is 0 Å². The Labute approximate surface area is 107 Å². The quantitative estimate of drug-likeness (QED) is 0.809. The van der Waals surface area contributed by atoms with Gasteiger partial charge in [-0.3, -0.25) is 0 Å². The van der Waals surface area contributed by atoms with E-state index >= 15 is 0 Å². The van der Waals surface area contributed by atoms with Gasteiger partial charge in [0, 0.05) is 14.1 Å². The number of nitrogens with two attached hydrogens (primary N) is 1. The molecule has 0 aliphatic heterocycles. The maximum atomic E-state index is 6.17. The van der Waals surface area contributed by atoms with Crippen LogP contribution in [0.1, 0.15) is 30.9 Å². The summed E-state index contributed by atoms with van der Waals surface area (Å²) in [7, 11) is 0. The molecule has 1 aromatic carbocycles. The summed E-state index contributed by atoms with van der Waals surface area (Å²) in [6, 6.07) is 6.56. The van der Waals surface area contributed by atoms with E-state index in [0.717, 1.165) is 16.8 Å². The molecule has 1 atom stereocenters. The number of halogens is 2. The molecule has 1 aliphatic rings. The zero-order valence-corrected chi connectivity index (χ0v) is 11.6. The molecule has 0 bridgehead atoms. The third-order valence-corrected chi connectivity index (χ3v) is 4.03. The van der Waals surface area contributed by atoms with Gasteiger partial charge >= 0.3 is 0 Å². The molecular formula is C11H13BrIN. The Kier molecular flexibility index (Phi) is 3.50. The van der Waals surface area contributed by atoms with E-state index in [4.69, 9.17) is 5.73 Å². The molecule has 0 spiro atoms. The van der Waals surface area contributed by atoms with Crippen molar-refractivity contribution in [2.75, 3.05) is 0 Å². The van der Waals surface area contributed by atoms with Gasteiger partial charge in [0.2, 0.25) is 0 Å². The summed E-state index contributed by atoms with van der Waals surface area (Å²) in [6.45, 7) is 0. The second kappa shape index (κ2) is 4.49. The van der Waals surface area contributed by atoms with Crippen LogP contribution in [0.4, 0.5) is 0 Å². The van der Waals surface area contributed by atoms with Crippen LogP contribution in [0.15, 0.2) is 22.7 Å². The molecule has 1 fully saturated rings. The minimum Gasteiger partial charge on any atom is -0.324 e.